The summed E-state index contributed by atoms with van der Waals surface area (Å²) in [6.07, 6.45) is 15.1. The van der Waals surface area contributed by atoms with E-state index in [1.807, 2.05) is 30.6 Å². The van der Waals surface area contributed by atoms with Crippen molar-refractivity contribution in [1.29, 1.82) is 0 Å². The molecule has 0 saturated heterocycles. The number of pyridine rings is 1. The Morgan fingerprint density at radius 2 is 1.80 bits per heavy atom. The van der Waals surface area contributed by atoms with Crippen molar-refractivity contribution in [3.8, 4) is 11.5 Å². The first kappa shape index (κ1) is 17.8. The fourth-order valence-electron chi connectivity index (χ4n) is 3.94. The monoisotopic (exact) mass is 357 g/mol. The zero-order valence-electron chi connectivity index (χ0n) is 14.5. The van der Waals surface area contributed by atoms with Gasteiger partial charge in [0.2, 0.25) is 0 Å². The second-order valence-corrected chi connectivity index (χ2v) is 6.80. The maximum Gasteiger partial charge on any atom is 0.165 e. The number of benzene rings is 1. The molecule has 0 atom stereocenters. The highest BCUT2D eigenvalue weighted by atomic mass is 35.5. The van der Waals surface area contributed by atoms with Crippen LogP contribution in [0.25, 0.3) is 12.2 Å². The number of nitrogens with zero attached hydrogens (tertiary/aromatic N) is 1. The molecule has 2 aliphatic rings. The molecule has 1 fully saturated rings. The first-order chi connectivity index (χ1) is 11.8. The molecule has 1 spiro atoms. The Morgan fingerprint density at radius 1 is 1.04 bits per heavy atom. The molecule has 2 heterocycles. The highest BCUT2D eigenvalue weighted by molar-refractivity contribution is 5.85. The quantitative estimate of drug-likeness (QED) is 0.744. The molecule has 1 saturated carbocycles. The molecule has 1 aromatic carbocycles. The van der Waals surface area contributed by atoms with Crippen LogP contribution >= 0.6 is 12.4 Å². The van der Waals surface area contributed by atoms with Gasteiger partial charge >= 0.3 is 0 Å². The summed E-state index contributed by atoms with van der Waals surface area (Å²) in [6, 6.07) is 8.19. The van der Waals surface area contributed by atoms with Crippen LogP contribution in [0.4, 0.5) is 0 Å². The molecule has 25 heavy (non-hydrogen) atoms. The Morgan fingerprint density at radius 3 is 2.52 bits per heavy atom. The van der Waals surface area contributed by atoms with E-state index in [0.29, 0.717) is 0 Å². The number of aromatic nitrogens is 1. The van der Waals surface area contributed by atoms with Crippen LogP contribution in [0.2, 0.25) is 0 Å². The van der Waals surface area contributed by atoms with Crippen LogP contribution < -0.4 is 9.47 Å². The van der Waals surface area contributed by atoms with E-state index >= 15 is 0 Å². The van der Waals surface area contributed by atoms with Gasteiger partial charge < -0.3 is 9.47 Å². The summed E-state index contributed by atoms with van der Waals surface area (Å²) in [5.74, 6) is 1.81. The van der Waals surface area contributed by atoms with Gasteiger partial charge in [0.25, 0.3) is 0 Å². The van der Waals surface area contributed by atoms with Crippen LogP contribution in [0, 0.1) is 0 Å². The van der Waals surface area contributed by atoms with Crippen molar-refractivity contribution in [2.45, 2.75) is 44.1 Å². The van der Waals surface area contributed by atoms with Gasteiger partial charge in [-0.1, -0.05) is 24.6 Å². The molecule has 3 nitrogen and oxygen atoms in total. The van der Waals surface area contributed by atoms with Crippen LogP contribution in [0.5, 0.6) is 11.5 Å². The number of rotatable bonds is 3. The molecule has 0 bridgehead atoms. The van der Waals surface area contributed by atoms with E-state index in [-0.39, 0.29) is 18.0 Å². The third-order valence-electron chi connectivity index (χ3n) is 5.22. The van der Waals surface area contributed by atoms with Crippen LogP contribution in [-0.4, -0.2) is 17.7 Å². The van der Waals surface area contributed by atoms with Crippen LogP contribution in [0.15, 0.2) is 36.7 Å². The zero-order chi connectivity index (χ0) is 16.4. The van der Waals surface area contributed by atoms with Gasteiger partial charge in [0, 0.05) is 24.4 Å². The molecule has 4 heteroatoms. The second-order valence-electron chi connectivity index (χ2n) is 6.80. The van der Waals surface area contributed by atoms with Gasteiger partial charge in [-0.2, -0.15) is 0 Å². The smallest absolute Gasteiger partial charge is 0.165 e. The zero-order valence-corrected chi connectivity index (χ0v) is 15.3. The van der Waals surface area contributed by atoms with E-state index in [1.54, 1.807) is 7.11 Å². The lowest BCUT2D eigenvalue weighted by Crippen LogP contribution is -2.36. The summed E-state index contributed by atoms with van der Waals surface area (Å²) >= 11 is 0. The summed E-state index contributed by atoms with van der Waals surface area (Å²) in [5, 5.41) is 0. The average molecular weight is 358 g/mol. The normalized spacial score (nSPS) is 17.8. The number of hydrogen-bond acceptors (Lipinski definition) is 3. The topological polar surface area (TPSA) is 31.4 Å². The minimum Gasteiger partial charge on any atom is -0.493 e. The minimum absolute atomic E-state index is 0. The van der Waals surface area contributed by atoms with Crippen molar-refractivity contribution in [3.05, 3.63) is 53.3 Å². The number of fused-ring (bicyclic) bond motifs is 1. The van der Waals surface area contributed by atoms with Gasteiger partial charge in [-0.05, 0) is 55.0 Å². The third-order valence-corrected chi connectivity index (χ3v) is 5.22. The Balaban J connectivity index is 0.00000182. The average Bonchev–Trinajstić information content (AvgIpc) is 3.00. The molecule has 4 rings (SSSR count). The summed E-state index contributed by atoms with van der Waals surface area (Å²) in [6.45, 7) is 0. The Kier molecular flexibility index (Phi) is 5.33. The lowest BCUT2D eigenvalue weighted by molar-refractivity contribution is 0.0507. The van der Waals surface area contributed by atoms with Crippen molar-refractivity contribution in [2.75, 3.05) is 7.11 Å². The first-order valence-corrected chi connectivity index (χ1v) is 8.77. The van der Waals surface area contributed by atoms with E-state index in [4.69, 9.17) is 9.47 Å². The van der Waals surface area contributed by atoms with Gasteiger partial charge in [-0.25, -0.2) is 0 Å². The molecule has 1 aliphatic heterocycles. The van der Waals surface area contributed by atoms with E-state index in [1.165, 1.54) is 30.4 Å². The standard InChI is InChI=1S/C21H23NO2.ClH/c1-23-19-8-7-17(6-5-16-9-13-22-14-10-16)18-15-21(24-20(18)19)11-3-2-4-12-21;/h5-10,13-14H,2-4,11-12,15H2,1H3;1H. The molecule has 0 amide bonds. The van der Waals surface area contributed by atoms with Gasteiger partial charge in [-0.3, -0.25) is 4.98 Å². The van der Waals surface area contributed by atoms with Crippen LogP contribution in [0.1, 0.15) is 48.8 Å². The Labute approximate surface area is 155 Å². The van der Waals surface area contributed by atoms with Crippen molar-refractivity contribution >= 4 is 24.6 Å². The van der Waals surface area contributed by atoms with Gasteiger partial charge in [-0.15, -0.1) is 12.4 Å². The van der Waals surface area contributed by atoms with Crippen molar-refractivity contribution < 1.29 is 9.47 Å². The fourth-order valence-corrected chi connectivity index (χ4v) is 3.94. The number of hydrogen-bond donors (Lipinski definition) is 0. The van der Waals surface area contributed by atoms with Gasteiger partial charge in [0.15, 0.2) is 11.5 Å². The summed E-state index contributed by atoms with van der Waals surface area (Å²) < 4.78 is 12.0. The van der Waals surface area contributed by atoms with E-state index in [0.717, 1.165) is 36.3 Å². The summed E-state index contributed by atoms with van der Waals surface area (Å²) in [7, 11) is 1.72. The Bertz CT molecular complexity index is 752. The molecule has 0 radical (unpaired) electrons. The molecule has 2 aromatic rings. The lowest BCUT2D eigenvalue weighted by Gasteiger charge is -2.32. The van der Waals surface area contributed by atoms with Gasteiger partial charge in [0.05, 0.1) is 7.11 Å². The maximum absolute atomic E-state index is 6.48. The van der Waals surface area contributed by atoms with E-state index in [2.05, 4.69) is 23.2 Å². The predicted molar refractivity (Wildman–Crippen MR) is 104 cm³/mol. The van der Waals surface area contributed by atoms with E-state index in [9.17, 15) is 0 Å². The van der Waals surface area contributed by atoms with Crippen molar-refractivity contribution in [3.63, 3.8) is 0 Å². The molecular formula is C21H24ClNO2. The number of halogens is 1. The highest BCUT2D eigenvalue weighted by Crippen LogP contribution is 2.49. The van der Waals surface area contributed by atoms with Crippen LogP contribution in [0.3, 0.4) is 0 Å². The molecule has 0 unspecified atom stereocenters. The molecule has 0 N–H and O–H groups in total. The molecule has 1 aromatic heterocycles. The predicted octanol–water partition coefficient (Wildman–Crippen LogP) is 5.32. The van der Waals surface area contributed by atoms with Gasteiger partial charge in [0.1, 0.15) is 5.60 Å². The summed E-state index contributed by atoms with van der Waals surface area (Å²) in [5.41, 5.74) is 3.67. The van der Waals surface area contributed by atoms with Crippen molar-refractivity contribution in [1.82, 2.24) is 4.98 Å². The van der Waals surface area contributed by atoms with Crippen LogP contribution in [-0.2, 0) is 6.42 Å². The third kappa shape index (κ3) is 3.52. The fraction of sp³-hybridized carbons (Fsp3) is 0.381. The maximum atomic E-state index is 6.48. The number of methoxy groups -OCH3 is 1. The second kappa shape index (κ2) is 7.49. The number of ether oxygens (including phenoxy) is 2. The molecular weight excluding hydrogens is 334 g/mol. The van der Waals surface area contributed by atoms with Crippen molar-refractivity contribution in [2.24, 2.45) is 0 Å². The Hall–Kier alpha value is -2.00. The molecule has 132 valence electrons. The SMILES string of the molecule is COc1ccc(C=Cc2ccncc2)c2c1OC1(CCCCC1)C2.Cl. The largest absolute Gasteiger partial charge is 0.493 e. The first-order valence-electron chi connectivity index (χ1n) is 8.77. The van der Waals surface area contributed by atoms with E-state index < -0.39 is 0 Å². The molecule has 1 aliphatic carbocycles. The lowest BCUT2D eigenvalue weighted by atomic mass is 9.81. The summed E-state index contributed by atoms with van der Waals surface area (Å²) in [4.78, 5) is 4.07. The minimum atomic E-state index is -0.00548. The highest BCUT2D eigenvalue weighted by Gasteiger charge is 2.42.